The second kappa shape index (κ2) is 9.06. The number of halogens is 1. The molecule has 3 aromatic heterocycles. The van der Waals surface area contributed by atoms with Crippen LogP contribution in [0.1, 0.15) is 31.2 Å². The summed E-state index contributed by atoms with van der Waals surface area (Å²) in [5, 5.41) is 8.61. The summed E-state index contributed by atoms with van der Waals surface area (Å²) in [6.07, 6.45) is 5.06. The number of fused-ring (bicyclic) bond motifs is 2. The van der Waals surface area contributed by atoms with E-state index >= 15 is 0 Å². The first-order valence-corrected chi connectivity index (χ1v) is 12.0. The predicted octanol–water partition coefficient (Wildman–Crippen LogP) is 3.97. The van der Waals surface area contributed by atoms with Gasteiger partial charge in [0.2, 0.25) is 0 Å². The third-order valence-electron chi connectivity index (χ3n) is 6.60. The lowest BCUT2D eigenvalue weighted by Gasteiger charge is -2.30. The molecular formula is C25H25FN8O2. The number of anilines is 3. The highest BCUT2D eigenvalue weighted by Crippen LogP contribution is 2.36. The van der Waals surface area contributed by atoms with Crippen LogP contribution in [0.15, 0.2) is 42.6 Å². The average Bonchev–Trinajstić information content (AvgIpc) is 3.53. The van der Waals surface area contributed by atoms with Gasteiger partial charge in [0.1, 0.15) is 23.3 Å². The van der Waals surface area contributed by atoms with E-state index in [-0.39, 0.29) is 30.1 Å². The molecule has 1 amide bonds. The highest BCUT2D eigenvalue weighted by atomic mass is 19.1. The first-order chi connectivity index (χ1) is 17.6. The van der Waals surface area contributed by atoms with Crippen molar-refractivity contribution >= 4 is 34.4 Å². The number of pyridine rings is 1. The number of nitrogens with zero attached hydrogens (tertiary/aromatic N) is 6. The molecule has 4 heterocycles. The fourth-order valence-electron chi connectivity index (χ4n) is 4.83. The molecule has 1 saturated carbocycles. The molecule has 184 valence electrons. The van der Waals surface area contributed by atoms with Crippen LogP contribution in [-0.2, 0) is 11.3 Å². The van der Waals surface area contributed by atoms with Crippen molar-refractivity contribution < 1.29 is 13.9 Å². The fraction of sp³-hybridized carbons (Fsp3) is 0.320. The quantitative estimate of drug-likeness (QED) is 0.442. The number of aromatic nitrogens is 5. The van der Waals surface area contributed by atoms with Crippen LogP contribution in [0.2, 0.25) is 0 Å². The van der Waals surface area contributed by atoms with Crippen molar-refractivity contribution in [1.82, 2.24) is 24.7 Å². The Labute approximate surface area is 206 Å². The van der Waals surface area contributed by atoms with Gasteiger partial charge in [-0.25, -0.2) is 28.8 Å². The van der Waals surface area contributed by atoms with Crippen molar-refractivity contribution in [3.63, 3.8) is 0 Å². The van der Waals surface area contributed by atoms with Gasteiger partial charge in [0, 0.05) is 24.8 Å². The number of ether oxygens (including phenoxy) is 1. The van der Waals surface area contributed by atoms with Crippen LogP contribution < -0.4 is 16.0 Å². The van der Waals surface area contributed by atoms with Gasteiger partial charge in [-0.15, -0.1) is 0 Å². The van der Waals surface area contributed by atoms with Crippen LogP contribution in [0.4, 0.5) is 26.5 Å². The number of hydrogen-bond donors (Lipinski definition) is 2. The summed E-state index contributed by atoms with van der Waals surface area (Å²) < 4.78 is 21.6. The minimum atomic E-state index is -0.434. The monoisotopic (exact) mass is 488 g/mol. The number of nitrogens with one attached hydrogen (secondary N) is 1. The summed E-state index contributed by atoms with van der Waals surface area (Å²) in [7, 11) is 0. The van der Waals surface area contributed by atoms with E-state index in [4.69, 9.17) is 10.5 Å². The Kier molecular flexibility index (Phi) is 5.59. The van der Waals surface area contributed by atoms with Gasteiger partial charge >= 0.3 is 6.09 Å². The molecule has 1 aromatic carbocycles. The Morgan fingerprint density at radius 1 is 1.17 bits per heavy atom. The number of nitrogens with two attached hydrogens (primary N) is 1. The maximum absolute atomic E-state index is 14.3. The summed E-state index contributed by atoms with van der Waals surface area (Å²) in [6, 6.07) is 10.2. The molecule has 11 heteroatoms. The molecular weight excluding hydrogens is 463 g/mol. The molecule has 0 unspecified atom stereocenters. The van der Waals surface area contributed by atoms with Crippen LogP contribution >= 0.6 is 0 Å². The van der Waals surface area contributed by atoms with Gasteiger partial charge in [-0.05, 0) is 43.9 Å². The van der Waals surface area contributed by atoms with E-state index in [0.717, 1.165) is 25.7 Å². The lowest BCUT2D eigenvalue weighted by Crippen LogP contribution is -2.41. The third-order valence-corrected chi connectivity index (χ3v) is 6.60. The lowest BCUT2D eigenvalue weighted by molar-refractivity contribution is 0.107. The Morgan fingerprint density at radius 3 is 2.83 bits per heavy atom. The summed E-state index contributed by atoms with van der Waals surface area (Å²) in [4.78, 5) is 28.0. The normalized spacial score (nSPS) is 15.6. The first-order valence-electron chi connectivity index (χ1n) is 12.0. The second-order valence-corrected chi connectivity index (χ2v) is 8.97. The van der Waals surface area contributed by atoms with E-state index < -0.39 is 6.09 Å². The van der Waals surface area contributed by atoms with Crippen molar-refractivity contribution in [3.05, 3.63) is 54.0 Å². The Morgan fingerprint density at radius 2 is 2.00 bits per heavy atom. The molecule has 10 nitrogen and oxygen atoms in total. The number of benzene rings is 1. The first kappa shape index (κ1) is 22.2. The molecule has 1 aliphatic carbocycles. The summed E-state index contributed by atoms with van der Waals surface area (Å²) in [5.41, 5.74) is 8.31. The summed E-state index contributed by atoms with van der Waals surface area (Å²) in [5.74, 6) is 0.552. The molecule has 0 radical (unpaired) electrons. The highest BCUT2D eigenvalue weighted by Gasteiger charge is 2.31. The van der Waals surface area contributed by atoms with Gasteiger partial charge in [-0.1, -0.05) is 18.2 Å². The average molecular weight is 489 g/mol. The van der Waals surface area contributed by atoms with Crippen LogP contribution in [0.3, 0.4) is 0 Å². The zero-order valence-electron chi connectivity index (χ0n) is 19.5. The Hall–Kier alpha value is -4.28. The maximum atomic E-state index is 14.3. The van der Waals surface area contributed by atoms with Gasteiger partial charge in [-0.2, -0.15) is 5.10 Å². The molecule has 1 aliphatic heterocycles. The van der Waals surface area contributed by atoms with E-state index in [2.05, 4.69) is 25.4 Å². The standard InChI is InChI=1S/C25H25FN8O2/c26-18-10-4-1-6-15(18)14-34-24-17(9-5-11-29-24)19(32-34)22-30-21(27)20-23(31-22)28-12-13-33(20)25(35)36-16-7-2-3-8-16/h1,4-6,9-11,16H,2-3,7-8,12-14H2,(H3,27,28,30,31). The van der Waals surface area contributed by atoms with Gasteiger partial charge < -0.3 is 15.8 Å². The summed E-state index contributed by atoms with van der Waals surface area (Å²) >= 11 is 0. The third kappa shape index (κ3) is 3.96. The maximum Gasteiger partial charge on any atom is 0.414 e. The highest BCUT2D eigenvalue weighted by molar-refractivity contribution is 5.98. The van der Waals surface area contributed by atoms with Crippen molar-refractivity contribution in [2.75, 3.05) is 29.0 Å². The number of amides is 1. The number of carbonyl (C=O) groups excluding carboxylic acids is 1. The van der Waals surface area contributed by atoms with Crippen molar-refractivity contribution in [1.29, 1.82) is 0 Å². The largest absolute Gasteiger partial charge is 0.446 e. The van der Waals surface area contributed by atoms with Crippen molar-refractivity contribution in [2.24, 2.45) is 0 Å². The van der Waals surface area contributed by atoms with E-state index in [0.29, 0.717) is 46.9 Å². The van der Waals surface area contributed by atoms with Gasteiger partial charge in [0.05, 0.1) is 11.9 Å². The van der Waals surface area contributed by atoms with Gasteiger partial charge in [0.25, 0.3) is 0 Å². The van der Waals surface area contributed by atoms with Crippen LogP contribution in [0.5, 0.6) is 0 Å². The van der Waals surface area contributed by atoms with Gasteiger partial charge in [0.15, 0.2) is 23.1 Å². The minimum absolute atomic E-state index is 0.0606. The summed E-state index contributed by atoms with van der Waals surface area (Å²) in [6.45, 7) is 1.09. The fourth-order valence-corrected chi connectivity index (χ4v) is 4.83. The number of rotatable bonds is 4. The molecule has 6 rings (SSSR count). The molecule has 0 spiro atoms. The van der Waals surface area contributed by atoms with Crippen LogP contribution in [-0.4, -0.2) is 50.0 Å². The smallest absolute Gasteiger partial charge is 0.414 e. The molecule has 2 aliphatic rings. The topological polar surface area (TPSA) is 124 Å². The van der Waals surface area contributed by atoms with Gasteiger partial charge in [-0.3, -0.25) is 4.90 Å². The molecule has 0 bridgehead atoms. The van der Waals surface area contributed by atoms with Crippen LogP contribution in [0.25, 0.3) is 22.6 Å². The number of hydrogen-bond acceptors (Lipinski definition) is 8. The zero-order valence-corrected chi connectivity index (χ0v) is 19.5. The molecule has 0 saturated heterocycles. The molecule has 4 aromatic rings. The minimum Gasteiger partial charge on any atom is -0.446 e. The van der Waals surface area contributed by atoms with E-state index in [1.807, 2.05) is 6.07 Å². The van der Waals surface area contributed by atoms with E-state index in [1.165, 1.54) is 11.0 Å². The second-order valence-electron chi connectivity index (χ2n) is 8.97. The molecule has 0 atom stereocenters. The van der Waals surface area contributed by atoms with E-state index in [9.17, 15) is 9.18 Å². The predicted molar refractivity (Wildman–Crippen MR) is 133 cm³/mol. The van der Waals surface area contributed by atoms with Crippen molar-refractivity contribution in [2.45, 2.75) is 38.3 Å². The Bertz CT molecular complexity index is 1450. The number of nitrogen functional groups attached to an aromatic ring is 1. The molecule has 3 N–H and O–H groups in total. The van der Waals surface area contributed by atoms with Crippen LogP contribution in [0, 0.1) is 5.82 Å². The zero-order chi connectivity index (χ0) is 24.6. The molecule has 1 fully saturated rings. The molecule has 36 heavy (non-hydrogen) atoms. The number of carbonyl (C=O) groups is 1. The lowest BCUT2D eigenvalue weighted by atomic mass is 10.2. The Balaban J connectivity index is 1.37. The SMILES string of the molecule is Nc1nc(-c2nn(Cc3ccccc3F)c3ncccc23)nc2c1N(C(=O)OC1CCCC1)CCN2. The van der Waals surface area contributed by atoms with E-state index in [1.54, 1.807) is 35.1 Å². The van der Waals surface area contributed by atoms with Crippen molar-refractivity contribution in [3.8, 4) is 11.5 Å².